The second kappa shape index (κ2) is 6.11. The molecule has 4 rings (SSSR count). The molecule has 0 bridgehead atoms. The van der Waals surface area contributed by atoms with Crippen LogP contribution in [0.25, 0.3) is 5.65 Å². The van der Waals surface area contributed by atoms with Gasteiger partial charge in [-0.25, -0.2) is 4.98 Å². The molecule has 0 radical (unpaired) electrons. The lowest BCUT2D eigenvalue weighted by atomic mass is 9.96. The highest BCUT2D eigenvalue weighted by Gasteiger charge is 2.28. The number of aromatic nitrogens is 6. The molecule has 1 aliphatic heterocycles. The fourth-order valence-electron chi connectivity index (χ4n) is 3.09. The molecule has 25 heavy (non-hydrogen) atoms. The van der Waals surface area contributed by atoms with Crippen LogP contribution in [-0.4, -0.2) is 49.4 Å². The number of aromatic amines is 1. The molecule has 1 aliphatic rings. The van der Waals surface area contributed by atoms with Crippen molar-refractivity contribution in [1.82, 2.24) is 35.1 Å². The van der Waals surface area contributed by atoms with Crippen molar-refractivity contribution >= 4 is 11.5 Å². The Morgan fingerprint density at radius 2 is 2.08 bits per heavy atom. The summed E-state index contributed by atoms with van der Waals surface area (Å²) in [5, 5.41) is 16.8. The van der Waals surface area contributed by atoms with Crippen LogP contribution in [0, 0.1) is 5.92 Å². The first-order valence-corrected chi connectivity index (χ1v) is 8.66. The minimum absolute atomic E-state index is 0.0842. The SMILES string of the molecule is CC(C)(C)c1nnc2ccc(N3CC(CNCc4cnc[nH]4)C3)nn12. The number of H-pyrrole nitrogens is 1. The number of imidazole rings is 1. The summed E-state index contributed by atoms with van der Waals surface area (Å²) in [7, 11) is 0. The summed E-state index contributed by atoms with van der Waals surface area (Å²) in [5.41, 5.74) is 1.83. The maximum Gasteiger partial charge on any atom is 0.178 e. The zero-order valence-electron chi connectivity index (χ0n) is 14.9. The van der Waals surface area contributed by atoms with Crippen LogP contribution < -0.4 is 10.2 Å². The Morgan fingerprint density at radius 1 is 1.24 bits per heavy atom. The molecule has 0 unspecified atom stereocenters. The quantitative estimate of drug-likeness (QED) is 0.729. The molecular formula is C17H24N8. The predicted octanol–water partition coefficient (Wildman–Crippen LogP) is 1.37. The maximum atomic E-state index is 4.76. The Balaban J connectivity index is 1.37. The molecule has 2 N–H and O–H groups in total. The Bertz CT molecular complexity index is 839. The van der Waals surface area contributed by atoms with Crippen LogP contribution in [0.4, 0.5) is 5.82 Å². The summed E-state index contributed by atoms with van der Waals surface area (Å²) in [6.07, 6.45) is 3.56. The molecule has 0 spiro atoms. The number of fused-ring (bicyclic) bond motifs is 1. The lowest BCUT2D eigenvalue weighted by molar-refractivity contribution is 0.380. The van der Waals surface area contributed by atoms with Gasteiger partial charge in [0.1, 0.15) is 5.82 Å². The van der Waals surface area contributed by atoms with Gasteiger partial charge >= 0.3 is 0 Å². The molecule has 0 aromatic carbocycles. The molecule has 0 saturated carbocycles. The molecule has 1 saturated heterocycles. The van der Waals surface area contributed by atoms with Gasteiger partial charge in [0.2, 0.25) is 0 Å². The first-order chi connectivity index (χ1) is 12.0. The van der Waals surface area contributed by atoms with Gasteiger partial charge in [0.05, 0.1) is 6.33 Å². The number of nitrogens with one attached hydrogen (secondary N) is 2. The van der Waals surface area contributed by atoms with Crippen LogP contribution >= 0.6 is 0 Å². The molecule has 1 fully saturated rings. The summed E-state index contributed by atoms with van der Waals surface area (Å²) in [4.78, 5) is 9.43. The average Bonchev–Trinajstić information content (AvgIpc) is 3.17. The molecule has 0 atom stereocenters. The Kier molecular flexibility index (Phi) is 3.91. The molecule has 0 aliphatic carbocycles. The minimum Gasteiger partial charge on any atom is -0.354 e. The van der Waals surface area contributed by atoms with Crippen molar-refractivity contribution in [2.45, 2.75) is 32.7 Å². The van der Waals surface area contributed by atoms with Crippen molar-refractivity contribution in [2.24, 2.45) is 5.92 Å². The van der Waals surface area contributed by atoms with Gasteiger partial charge < -0.3 is 15.2 Å². The van der Waals surface area contributed by atoms with E-state index in [1.165, 1.54) is 0 Å². The van der Waals surface area contributed by atoms with Crippen molar-refractivity contribution in [3.63, 3.8) is 0 Å². The van der Waals surface area contributed by atoms with Gasteiger partial charge in [0, 0.05) is 49.4 Å². The van der Waals surface area contributed by atoms with E-state index in [0.29, 0.717) is 5.92 Å². The van der Waals surface area contributed by atoms with Crippen LogP contribution in [0.3, 0.4) is 0 Å². The van der Waals surface area contributed by atoms with E-state index in [0.717, 1.165) is 49.2 Å². The van der Waals surface area contributed by atoms with E-state index in [1.807, 2.05) is 22.8 Å². The number of nitrogens with zero attached hydrogens (tertiary/aromatic N) is 6. The minimum atomic E-state index is -0.0842. The van der Waals surface area contributed by atoms with Crippen molar-refractivity contribution < 1.29 is 0 Å². The summed E-state index contributed by atoms with van der Waals surface area (Å²) >= 11 is 0. The number of hydrogen-bond acceptors (Lipinski definition) is 6. The summed E-state index contributed by atoms with van der Waals surface area (Å²) in [6, 6.07) is 4.03. The van der Waals surface area contributed by atoms with Gasteiger partial charge in [-0.2, -0.15) is 4.52 Å². The van der Waals surface area contributed by atoms with Crippen molar-refractivity contribution in [3.05, 3.63) is 36.2 Å². The monoisotopic (exact) mass is 340 g/mol. The van der Waals surface area contributed by atoms with E-state index >= 15 is 0 Å². The predicted molar refractivity (Wildman–Crippen MR) is 95.5 cm³/mol. The number of rotatable bonds is 5. The van der Waals surface area contributed by atoms with Crippen molar-refractivity contribution in [2.75, 3.05) is 24.5 Å². The van der Waals surface area contributed by atoms with E-state index < -0.39 is 0 Å². The highest BCUT2D eigenvalue weighted by Crippen LogP contribution is 2.25. The van der Waals surface area contributed by atoms with E-state index in [1.54, 1.807) is 6.33 Å². The average molecular weight is 340 g/mol. The van der Waals surface area contributed by atoms with E-state index in [-0.39, 0.29) is 5.41 Å². The Morgan fingerprint density at radius 3 is 2.80 bits per heavy atom. The zero-order valence-corrected chi connectivity index (χ0v) is 14.9. The molecule has 0 amide bonds. The fourth-order valence-corrected chi connectivity index (χ4v) is 3.09. The number of anilines is 1. The first-order valence-electron chi connectivity index (χ1n) is 8.66. The lowest BCUT2D eigenvalue weighted by Crippen LogP contribution is -2.51. The van der Waals surface area contributed by atoms with Gasteiger partial charge in [-0.1, -0.05) is 20.8 Å². The van der Waals surface area contributed by atoms with E-state index in [2.05, 4.69) is 51.2 Å². The Labute approximate surface area is 146 Å². The van der Waals surface area contributed by atoms with Crippen LogP contribution in [0.1, 0.15) is 32.3 Å². The molecule has 8 heteroatoms. The van der Waals surface area contributed by atoms with Gasteiger partial charge in [-0.05, 0) is 12.1 Å². The third kappa shape index (κ3) is 3.21. The summed E-state index contributed by atoms with van der Waals surface area (Å²) in [5.74, 6) is 2.52. The first kappa shape index (κ1) is 16.0. The molecule has 8 nitrogen and oxygen atoms in total. The zero-order chi connectivity index (χ0) is 17.4. The van der Waals surface area contributed by atoms with Crippen molar-refractivity contribution in [1.29, 1.82) is 0 Å². The third-order valence-electron chi connectivity index (χ3n) is 4.50. The highest BCUT2D eigenvalue weighted by atomic mass is 15.4. The van der Waals surface area contributed by atoms with E-state index in [4.69, 9.17) is 5.10 Å². The molecule has 132 valence electrons. The van der Waals surface area contributed by atoms with Gasteiger partial charge in [-0.3, -0.25) is 0 Å². The van der Waals surface area contributed by atoms with Gasteiger partial charge in [-0.15, -0.1) is 15.3 Å². The Hall–Kier alpha value is -2.48. The largest absolute Gasteiger partial charge is 0.354 e. The van der Waals surface area contributed by atoms with Crippen LogP contribution in [-0.2, 0) is 12.0 Å². The fraction of sp³-hybridized carbons (Fsp3) is 0.529. The maximum absolute atomic E-state index is 4.76. The summed E-state index contributed by atoms with van der Waals surface area (Å²) in [6.45, 7) is 10.2. The van der Waals surface area contributed by atoms with Crippen molar-refractivity contribution in [3.8, 4) is 0 Å². The molecule has 4 heterocycles. The van der Waals surface area contributed by atoms with Gasteiger partial charge in [0.25, 0.3) is 0 Å². The topological polar surface area (TPSA) is 87.0 Å². The standard InChI is InChI=1S/C17H24N8/c1-17(2,3)16-22-21-14-4-5-15(23-25(14)16)24-9-12(10-24)6-18-7-13-8-19-11-20-13/h4-5,8,11-12,18H,6-7,9-10H2,1-3H3,(H,19,20). The van der Waals surface area contributed by atoms with Crippen LogP contribution in [0.2, 0.25) is 0 Å². The number of hydrogen-bond donors (Lipinski definition) is 2. The normalized spacial score (nSPS) is 15.7. The second-order valence-corrected chi connectivity index (χ2v) is 7.71. The van der Waals surface area contributed by atoms with Crippen LogP contribution in [0.5, 0.6) is 0 Å². The van der Waals surface area contributed by atoms with E-state index in [9.17, 15) is 0 Å². The van der Waals surface area contributed by atoms with Gasteiger partial charge in [0.15, 0.2) is 11.5 Å². The molecular weight excluding hydrogens is 316 g/mol. The third-order valence-corrected chi connectivity index (χ3v) is 4.50. The molecule has 3 aromatic heterocycles. The molecule has 3 aromatic rings. The highest BCUT2D eigenvalue weighted by molar-refractivity contribution is 5.47. The lowest BCUT2D eigenvalue weighted by Gasteiger charge is -2.40. The second-order valence-electron chi connectivity index (χ2n) is 7.71. The smallest absolute Gasteiger partial charge is 0.178 e. The van der Waals surface area contributed by atoms with Crippen LogP contribution in [0.15, 0.2) is 24.7 Å². The summed E-state index contributed by atoms with van der Waals surface area (Å²) < 4.78 is 1.87.